The lowest BCUT2D eigenvalue weighted by atomic mass is 9.85. The highest BCUT2D eigenvalue weighted by molar-refractivity contribution is 9.10. The highest BCUT2D eigenvalue weighted by Gasteiger charge is 2.61. The van der Waals surface area contributed by atoms with Gasteiger partial charge in [0.05, 0.1) is 24.0 Å². The summed E-state index contributed by atoms with van der Waals surface area (Å²) in [4.78, 5) is 37.0. The Morgan fingerprint density at radius 2 is 1.77 bits per heavy atom. The van der Waals surface area contributed by atoms with Crippen LogP contribution in [0.15, 0.2) is 40.9 Å². The van der Waals surface area contributed by atoms with E-state index >= 15 is 0 Å². The monoisotopic (exact) mass is 362 g/mol. The first-order valence-electron chi connectivity index (χ1n) is 6.84. The molecule has 0 unspecified atom stereocenters. The Morgan fingerprint density at radius 3 is 2.36 bits per heavy atom. The number of ether oxygens (including phenoxy) is 1. The zero-order valence-electron chi connectivity index (χ0n) is 11.2. The third-order valence-corrected chi connectivity index (χ3v) is 4.70. The Bertz CT molecular complexity index is 702. The van der Waals surface area contributed by atoms with Gasteiger partial charge in [-0.1, -0.05) is 34.1 Å². The number of hydrogen-bond donors (Lipinski definition) is 1. The van der Waals surface area contributed by atoms with Crippen LogP contribution in [-0.2, 0) is 14.3 Å². The smallest absolute Gasteiger partial charge is 0.270 e. The summed E-state index contributed by atoms with van der Waals surface area (Å²) in [6.45, 7) is 0. The van der Waals surface area contributed by atoms with Crippen molar-refractivity contribution in [3.8, 4) is 0 Å². The van der Waals surface area contributed by atoms with Crippen LogP contribution in [0.1, 0.15) is 10.4 Å². The number of fused-ring (bicyclic) bond motifs is 5. The molecule has 4 atom stereocenters. The zero-order valence-corrected chi connectivity index (χ0v) is 12.8. The van der Waals surface area contributed by atoms with E-state index in [9.17, 15) is 14.4 Å². The van der Waals surface area contributed by atoms with Crippen LogP contribution < -0.4 is 5.43 Å². The summed E-state index contributed by atoms with van der Waals surface area (Å²) in [5, 5.41) is 0.841. The predicted octanol–water partition coefficient (Wildman–Crippen LogP) is 1.03. The number of rotatable bonds is 2. The molecule has 112 valence electrons. The van der Waals surface area contributed by atoms with Gasteiger partial charge in [0.25, 0.3) is 17.7 Å². The Balaban J connectivity index is 1.56. The molecule has 4 rings (SSSR count). The summed E-state index contributed by atoms with van der Waals surface area (Å²) in [6.07, 6.45) is 2.88. The third kappa shape index (κ3) is 1.85. The minimum absolute atomic E-state index is 0.362. The normalized spacial score (nSPS) is 31.8. The number of benzene rings is 1. The molecule has 6 nitrogen and oxygen atoms in total. The molecule has 0 spiro atoms. The zero-order chi connectivity index (χ0) is 15.4. The molecule has 3 heterocycles. The highest BCUT2D eigenvalue weighted by Crippen LogP contribution is 2.44. The molecule has 7 heteroatoms. The number of carbonyl (C=O) groups excluding carboxylic acids is 3. The molecule has 22 heavy (non-hydrogen) atoms. The lowest BCUT2D eigenvalue weighted by Gasteiger charge is -2.18. The molecule has 0 saturated carbocycles. The van der Waals surface area contributed by atoms with E-state index < -0.39 is 29.6 Å². The fraction of sp³-hybridized carbons (Fsp3) is 0.267. The molecule has 1 aromatic rings. The molecule has 3 aliphatic heterocycles. The fourth-order valence-electron chi connectivity index (χ4n) is 3.21. The molecular formula is C15H11BrN2O4. The van der Waals surface area contributed by atoms with Gasteiger partial charge in [-0.25, -0.2) is 0 Å². The van der Waals surface area contributed by atoms with Crippen molar-refractivity contribution < 1.29 is 19.1 Å². The molecule has 0 aliphatic carbocycles. The molecule has 1 aromatic carbocycles. The Hall–Kier alpha value is -1.99. The molecule has 1 N–H and O–H groups in total. The number of halogens is 1. The molecule has 0 aromatic heterocycles. The number of nitrogens with one attached hydrogen (secondary N) is 1. The topological polar surface area (TPSA) is 75.7 Å². The van der Waals surface area contributed by atoms with E-state index in [1.165, 1.54) is 0 Å². The van der Waals surface area contributed by atoms with Gasteiger partial charge < -0.3 is 4.74 Å². The average Bonchev–Trinajstić information content (AvgIpc) is 3.17. The fourth-order valence-corrected chi connectivity index (χ4v) is 3.61. The number of amides is 3. The quantitative estimate of drug-likeness (QED) is 0.629. The van der Waals surface area contributed by atoms with Crippen molar-refractivity contribution >= 4 is 33.7 Å². The second kappa shape index (κ2) is 4.76. The SMILES string of the molecule is O=C(NN1C(=O)[C@@H]2[C@H](C1=O)[C@H]1C=C[C@H]2O1)c1cccc(Br)c1. The van der Waals surface area contributed by atoms with Gasteiger partial charge >= 0.3 is 0 Å². The van der Waals surface area contributed by atoms with E-state index in [0.29, 0.717) is 5.56 Å². The third-order valence-electron chi connectivity index (χ3n) is 4.21. The summed E-state index contributed by atoms with van der Waals surface area (Å²) >= 11 is 3.28. The Morgan fingerprint density at radius 1 is 1.14 bits per heavy atom. The summed E-state index contributed by atoms with van der Waals surface area (Å²) < 4.78 is 6.28. The number of hydrazine groups is 1. The van der Waals surface area contributed by atoms with Crippen molar-refractivity contribution in [1.82, 2.24) is 10.4 Å². The van der Waals surface area contributed by atoms with Crippen LogP contribution in [0.5, 0.6) is 0 Å². The standard InChI is InChI=1S/C15H11BrN2O4/c16-8-3-1-2-7(6-8)13(19)17-18-14(20)11-9-4-5-10(22-9)12(11)15(18)21/h1-6,9-12H,(H,17,19)/t9-,10-,11-,12+/m1/s1. The summed E-state index contributed by atoms with van der Waals surface area (Å²) in [5.41, 5.74) is 2.78. The molecular weight excluding hydrogens is 352 g/mol. The summed E-state index contributed by atoms with van der Waals surface area (Å²) in [7, 11) is 0. The first kappa shape index (κ1) is 13.7. The maximum absolute atomic E-state index is 12.4. The summed E-state index contributed by atoms with van der Waals surface area (Å²) in [6, 6.07) is 6.73. The summed E-state index contributed by atoms with van der Waals surface area (Å²) in [5.74, 6) is -2.36. The van der Waals surface area contributed by atoms with Crippen molar-refractivity contribution in [2.75, 3.05) is 0 Å². The van der Waals surface area contributed by atoms with Crippen molar-refractivity contribution in [2.24, 2.45) is 11.8 Å². The van der Waals surface area contributed by atoms with Gasteiger partial charge in [-0.3, -0.25) is 19.8 Å². The molecule has 3 aliphatic rings. The van der Waals surface area contributed by atoms with Crippen LogP contribution >= 0.6 is 15.9 Å². The lowest BCUT2D eigenvalue weighted by Crippen LogP contribution is -2.47. The molecule has 3 amide bonds. The van der Waals surface area contributed by atoms with Crippen LogP contribution in [0.4, 0.5) is 0 Å². The van der Waals surface area contributed by atoms with Gasteiger partial charge in [0.15, 0.2) is 0 Å². The van der Waals surface area contributed by atoms with E-state index in [-0.39, 0.29) is 12.2 Å². The maximum atomic E-state index is 12.4. The van der Waals surface area contributed by atoms with Crippen LogP contribution in [0.2, 0.25) is 0 Å². The number of carbonyl (C=O) groups is 3. The molecule has 2 bridgehead atoms. The van der Waals surface area contributed by atoms with Gasteiger partial charge in [0, 0.05) is 10.0 Å². The highest BCUT2D eigenvalue weighted by atomic mass is 79.9. The van der Waals surface area contributed by atoms with E-state index in [0.717, 1.165) is 9.48 Å². The molecule has 2 saturated heterocycles. The average molecular weight is 363 g/mol. The van der Waals surface area contributed by atoms with Gasteiger partial charge in [-0.2, -0.15) is 5.01 Å². The number of imide groups is 1. The van der Waals surface area contributed by atoms with Crippen molar-refractivity contribution in [3.63, 3.8) is 0 Å². The maximum Gasteiger partial charge on any atom is 0.270 e. The van der Waals surface area contributed by atoms with Crippen LogP contribution in [0, 0.1) is 11.8 Å². The van der Waals surface area contributed by atoms with Gasteiger partial charge in [0.1, 0.15) is 0 Å². The number of hydrogen-bond acceptors (Lipinski definition) is 4. The van der Waals surface area contributed by atoms with Gasteiger partial charge in [-0.15, -0.1) is 0 Å². The van der Waals surface area contributed by atoms with Crippen LogP contribution in [0.25, 0.3) is 0 Å². The number of nitrogens with zero attached hydrogens (tertiary/aromatic N) is 1. The van der Waals surface area contributed by atoms with E-state index in [1.807, 2.05) is 0 Å². The van der Waals surface area contributed by atoms with Gasteiger partial charge in [-0.05, 0) is 18.2 Å². The van der Waals surface area contributed by atoms with E-state index in [2.05, 4.69) is 21.4 Å². The second-order valence-corrected chi connectivity index (χ2v) is 6.38. The van der Waals surface area contributed by atoms with E-state index in [4.69, 9.17) is 4.74 Å². The van der Waals surface area contributed by atoms with Crippen LogP contribution in [0.3, 0.4) is 0 Å². The van der Waals surface area contributed by atoms with Crippen LogP contribution in [-0.4, -0.2) is 34.9 Å². The van der Waals surface area contributed by atoms with Gasteiger partial charge in [0.2, 0.25) is 0 Å². The van der Waals surface area contributed by atoms with Crippen molar-refractivity contribution in [2.45, 2.75) is 12.2 Å². The molecule has 2 fully saturated rings. The van der Waals surface area contributed by atoms with Crippen molar-refractivity contribution in [1.29, 1.82) is 0 Å². The Kier molecular flexibility index (Phi) is 2.95. The largest absolute Gasteiger partial charge is 0.365 e. The molecule has 0 radical (unpaired) electrons. The van der Waals surface area contributed by atoms with E-state index in [1.54, 1.807) is 36.4 Å². The first-order valence-corrected chi connectivity index (χ1v) is 7.64. The predicted molar refractivity (Wildman–Crippen MR) is 78.2 cm³/mol. The van der Waals surface area contributed by atoms with Crippen molar-refractivity contribution in [3.05, 3.63) is 46.5 Å². The minimum atomic E-state index is -0.523. The minimum Gasteiger partial charge on any atom is -0.365 e. The Labute approximate surface area is 134 Å². The first-order chi connectivity index (χ1) is 10.6. The lowest BCUT2D eigenvalue weighted by molar-refractivity contribution is -0.145. The second-order valence-electron chi connectivity index (χ2n) is 5.46.